The highest BCUT2D eigenvalue weighted by molar-refractivity contribution is 5.13. The fraction of sp³-hybridized carbons (Fsp3) is 0.769. The standard InChI is InChI=1S/C13H24N4O/c1-10(14)13(12-6-15-16(2)8-12)17-5-3-4-11(7-17)9-18/h6,8,10-11,13,18H,3-5,7,9,14H2,1-2H3. The largest absolute Gasteiger partial charge is 0.396 e. The minimum absolute atomic E-state index is 0.0617. The van der Waals surface area contributed by atoms with Crippen molar-refractivity contribution in [1.29, 1.82) is 0 Å². The summed E-state index contributed by atoms with van der Waals surface area (Å²) in [5.41, 5.74) is 7.33. The Labute approximate surface area is 109 Å². The first-order valence-electron chi connectivity index (χ1n) is 6.71. The Bertz CT molecular complexity index is 377. The number of hydrogen-bond acceptors (Lipinski definition) is 4. The Morgan fingerprint density at radius 3 is 2.94 bits per heavy atom. The molecule has 0 saturated carbocycles. The molecule has 0 aromatic carbocycles. The van der Waals surface area contributed by atoms with Gasteiger partial charge in [0.2, 0.25) is 0 Å². The van der Waals surface area contributed by atoms with E-state index in [9.17, 15) is 5.11 Å². The summed E-state index contributed by atoms with van der Waals surface area (Å²) in [5.74, 6) is 0.386. The van der Waals surface area contributed by atoms with Gasteiger partial charge in [-0.2, -0.15) is 5.10 Å². The van der Waals surface area contributed by atoms with Crippen LogP contribution in [0.2, 0.25) is 0 Å². The van der Waals surface area contributed by atoms with Crippen LogP contribution >= 0.6 is 0 Å². The Kier molecular flexibility index (Phi) is 4.37. The van der Waals surface area contributed by atoms with Gasteiger partial charge >= 0.3 is 0 Å². The first-order valence-corrected chi connectivity index (χ1v) is 6.71. The van der Waals surface area contributed by atoms with Crippen molar-refractivity contribution in [2.24, 2.45) is 18.7 Å². The highest BCUT2D eigenvalue weighted by atomic mass is 16.3. The molecule has 0 aliphatic carbocycles. The van der Waals surface area contributed by atoms with Crippen molar-refractivity contribution in [2.45, 2.75) is 31.8 Å². The number of aliphatic hydroxyl groups excluding tert-OH is 1. The monoisotopic (exact) mass is 252 g/mol. The van der Waals surface area contributed by atoms with Crippen LogP contribution in [0.1, 0.15) is 31.4 Å². The van der Waals surface area contributed by atoms with Crippen LogP contribution in [-0.2, 0) is 7.05 Å². The van der Waals surface area contributed by atoms with Crippen molar-refractivity contribution in [3.8, 4) is 0 Å². The smallest absolute Gasteiger partial charge is 0.0538 e. The third kappa shape index (κ3) is 2.91. The second-order valence-electron chi connectivity index (χ2n) is 5.44. The predicted octanol–water partition coefficient (Wildman–Crippen LogP) is 0.513. The molecule has 1 aromatic heterocycles. The van der Waals surface area contributed by atoms with Crippen LogP contribution in [0.15, 0.2) is 12.4 Å². The van der Waals surface area contributed by atoms with E-state index in [0.717, 1.165) is 25.9 Å². The van der Waals surface area contributed by atoms with Crippen molar-refractivity contribution in [3.05, 3.63) is 18.0 Å². The van der Waals surface area contributed by atoms with E-state index in [0.29, 0.717) is 5.92 Å². The Balaban J connectivity index is 2.14. The molecule has 2 heterocycles. The zero-order valence-electron chi connectivity index (χ0n) is 11.3. The topological polar surface area (TPSA) is 67.3 Å². The van der Waals surface area contributed by atoms with Crippen molar-refractivity contribution in [2.75, 3.05) is 19.7 Å². The molecule has 0 bridgehead atoms. The fourth-order valence-corrected chi connectivity index (χ4v) is 2.94. The highest BCUT2D eigenvalue weighted by Crippen LogP contribution is 2.28. The third-order valence-corrected chi connectivity index (χ3v) is 3.77. The molecule has 5 nitrogen and oxygen atoms in total. The first-order chi connectivity index (χ1) is 8.61. The molecule has 18 heavy (non-hydrogen) atoms. The fourth-order valence-electron chi connectivity index (χ4n) is 2.94. The molecule has 1 aromatic rings. The summed E-state index contributed by atoms with van der Waals surface area (Å²) in [6.07, 6.45) is 6.19. The van der Waals surface area contributed by atoms with Gasteiger partial charge in [0.25, 0.3) is 0 Å². The lowest BCUT2D eigenvalue weighted by Crippen LogP contribution is -2.45. The van der Waals surface area contributed by atoms with E-state index < -0.39 is 0 Å². The Morgan fingerprint density at radius 2 is 2.39 bits per heavy atom. The Morgan fingerprint density at radius 1 is 1.61 bits per heavy atom. The van der Waals surface area contributed by atoms with Gasteiger partial charge in [-0.3, -0.25) is 9.58 Å². The van der Waals surface area contributed by atoms with Crippen LogP contribution in [0, 0.1) is 5.92 Å². The van der Waals surface area contributed by atoms with Crippen molar-refractivity contribution >= 4 is 0 Å². The van der Waals surface area contributed by atoms with Gasteiger partial charge in [0.05, 0.1) is 12.2 Å². The van der Waals surface area contributed by atoms with Gasteiger partial charge in [0, 0.05) is 38.0 Å². The van der Waals surface area contributed by atoms with Crippen LogP contribution in [0.5, 0.6) is 0 Å². The number of rotatable bonds is 4. The molecular weight excluding hydrogens is 228 g/mol. The lowest BCUT2D eigenvalue weighted by atomic mass is 9.94. The number of aliphatic hydroxyl groups is 1. The van der Waals surface area contributed by atoms with Crippen molar-refractivity contribution in [3.63, 3.8) is 0 Å². The van der Waals surface area contributed by atoms with Crippen molar-refractivity contribution < 1.29 is 5.11 Å². The number of aryl methyl sites for hydroxylation is 1. The van der Waals surface area contributed by atoms with E-state index in [4.69, 9.17) is 5.73 Å². The van der Waals surface area contributed by atoms with E-state index in [1.165, 1.54) is 5.56 Å². The quantitative estimate of drug-likeness (QED) is 0.819. The van der Waals surface area contributed by atoms with E-state index >= 15 is 0 Å². The number of aromatic nitrogens is 2. The van der Waals surface area contributed by atoms with E-state index in [2.05, 4.69) is 10.00 Å². The minimum atomic E-state index is 0.0617. The van der Waals surface area contributed by atoms with E-state index in [-0.39, 0.29) is 18.7 Å². The maximum absolute atomic E-state index is 9.33. The molecule has 1 aliphatic heterocycles. The number of nitrogens with two attached hydrogens (primary N) is 1. The molecule has 3 unspecified atom stereocenters. The normalized spacial score (nSPS) is 25.0. The highest BCUT2D eigenvalue weighted by Gasteiger charge is 2.29. The number of hydrogen-bond donors (Lipinski definition) is 2. The van der Waals surface area contributed by atoms with Gasteiger partial charge in [0.15, 0.2) is 0 Å². The number of piperidine rings is 1. The summed E-state index contributed by atoms with van der Waals surface area (Å²) < 4.78 is 1.82. The van der Waals surface area contributed by atoms with E-state index in [1.807, 2.05) is 31.0 Å². The zero-order chi connectivity index (χ0) is 13.1. The summed E-state index contributed by atoms with van der Waals surface area (Å²) in [7, 11) is 1.93. The summed E-state index contributed by atoms with van der Waals surface area (Å²) in [6, 6.07) is 0.264. The average molecular weight is 252 g/mol. The van der Waals surface area contributed by atoms with Gasteiger partial charge < -0.3 is 10.8 Å². The minimum Gasteiger partial charge on any atom is -0.396 e. The van der Waals surface area contributed by atoms with Crippen LogP contribution in [0.25, 0.3) is 0 Å². The van der Waals surface area contributed by atoms with E-state index in [1.54, 1.807) is 0 Å². The molecule has 0 radical (unpaired) electrons. The van der Waals surface area contributed by atoms with Crippen LogP contribution in [0.4, 0.5) is 0 Å². The van der Waals surface area contributed by atoms with Crippen molar-refractivity contribution in [1.82, 2.24) is 14.7 Å². The summed E-state index contributed by atoms with van der Waals surface area (Å²) in [6.45, 7) is 4.30. The van der Waals surface area contributed by atoms with Crippen LogP contribution in [0.3, 0.4) is 0 Å². The predicted molar refractivity (Wildman–Crippen MR) is 71.0 cm³/mol. The zero-order valence-corrected chi connectivity index (χ0v) is 11.3. The molecule has 0 amide bonds. The summed E-state index contributed by atoms with van der Waals surface area (Å²) in [4.78, 5) is 2.39. The van der Waals surface area contributed by atoms with Gasteiger partial charge in [-0.1, -0.05) is 0 Å². The van der Waals surface area contributed by atoms with Crippen LogP contribution < -0.4 is 5.73 Å². The molecule has 5 heteroatoms. The maximum atomic E-state index is 9.33. The maximum Gasteiger partial charge on any atom is 0.0538 e. The van der Waals surface area contributed by atoms with Gasteiger partial charge in [-0.25, -0.2) is 0 Å². The van der Waals surface area contributed by atoms with Gasteiger partial charge in [-0.05, 0) is 32.2 Å². The molecule has 102 valence electrons. The third-order valence-electron chi connectivity index (χ3n) is 3.77. The summed E-state index contributed by atoms with van der Waals surface area (Å²) >= 11 is 0. The Hall–Kier alpha value is -0.910. The molecular formula is C13H24N4O. The second-order valence-corrected chi connectivity index (χ2v) is 5.44. The van der Waals surface area contributed by atoms with Gasteiger partial charge in [-0.15, -0.1) is 0 Å². The second kappa shape index (κ2) is 5.82. The molecule has 1 saturated heterocycles. The lowest BCUT2D eigenvalue weighted by Gasteiger charge is -2.39. The molecule has 3 N–H and O–H groups in total. The molecule has 1 fully saturated rings. The van der Waals surface area contributed by atoms with Gasteiger partial charge in [0.1, 0.15) is 0 Å². The SMILES string of the molecule is CC(N)C(c1cnn(C)c1)N1CCCC(CO)C1. The molecule has 0 spiro atoms. The van der Waals surface area contributed by atoms with Crippen LogP contribution in [-0.4, -0.2) is 45.5 Å². The summed E-state index contributed by atoms with van der Waals surface area (Å²) in [5, 5.41) is 13.6. The molecule has 3 atom stereocenters. The first kappa shape index (κ1) is 13.5. The number of likely N-dealkylation sites (tertiary alicyclic amines) is 1. The lowest BCUT2D eigenvalue weighted by molar-refractivity contribution is 0.0793. The average Bonchev–Trinajstić information content (AvgIpc) is 2.75. The molecule has 1 aliphatic rings. The number of nitrogens with zero attached hydrogens (tertiary/aromatic N) is 3. The molecule has 2 rings (SSSR count).